The van der Waals surface area contributed by atoms with Crippen molar-refractivity contribution in [2.75, 3.05) is 10.6 Å². The third kappa shape index (κ3) is 3.41. The smallest absolute Gasteiger partial charge is 0.249 e. The van der Waals surface area contributed by atoms with E-state index in [4.69, 9.17) is 0 Å². The largest absolute Gasteiger partial charge is 0.324 e. The maximum atomic E-state index is 13.0. The highest BCUT2D eigenvalue weighted by molar-refractivity contribution is 6.00. The summed E-state index contributed by atoms with van der Waals surface area (Å²) in [6, 6.07) is 12.2. The van der Waals surface area contributed by atoms with Gasteiger partial charge in [-0.05, 0) is 31.2 Å². The van der Waals surface area contributed by atoms with Crippen LogP contribution in [0.4, 0.5) is 16.0 Å². The van der Waals surface area contributed by atoms with Crippen LogP contribution < -0.4 is 10.6 Å². The van der Waals surface area contributed by atoms with Crippen LogP contribution in [0.2, 0.25) is 0 Å². The van der Waals surface area contributed by atoms with Gasteiger partial charge in [0, 0.05) is 11.3 Å². The second kappa shape index (κ2) is 6.64. The van der Waals surface area contributed by atoms with Crippen molar-refractivity contribution in [2.24, 2.45) is 0 Å². The lowest BCUT2D eigenvalue weighted by molar-refractivity contribution is -0.125. The number of anilines is 2. The van der Waals surface area contributed by atoms with E-state index in [1.807, 2.05) is 31.2 Å². The highest BCUT2D eigenvalue weighted by Gasteiger charge is 2.33. The number of nitrogens with zero attached hydrogens (tertiary/aromatic N) is 3. The molecule has 0 fully saturated rings. The quantitative estimate of drug-likeness (QED) is 0.747. The lowest BCUT2D eigenvalue weighted by atomic mass is 10.1. The number of aryl methyl sites for hydroxylation is 1. The van der Waals surface area contributed by atoms with Crippen molar-refractivity contribution in [3.63, 3.8) is 0 Å². The van der Waals surface area contributed by atoms with Gasteiger partial charge in [0.2, 0.25) is 17.8 Å². The summed E-state index contributed by atoms with van der Waals surface area (Å²) in [6.45, 7) is 1.98. The minimum atomic E-state index is -0.842. The maximum absolute atomic E-state index is 13.0. The second-order valence-corrected chi connectivity index (χ2v) is 6.33. The molecular formula is C19H16FN5O2. The van der Waals surface area contributed by atoms with Crippen molar-refractivity contribution in [2.45, 2.75) is 19.4 Å². The third-order valence-corrected chi connectivity index (χ3v) is 4.28. The number of hydrogen-bond donors (Lipinski definition) is 2. The Kier molecular flexibility index (Phi) is 4.15. The number of amides is 2. The summed E-state index contributed by atoms with van der Waals surface area (Å²) >= 11 is 0. The van der Waals surface area contributed by atoms with Gasteiger partial charge in [-0.1, -0.05) is 29.8 Å². The molecule has 2 heterocycles. The summed E-state index contributed by atoms with van der Waals surface area (Å²) in [5.41, 5.74) is 2.33. The molecule has 0 radical (unpaired) electrons. The Labute approximate surface area is 154 Å². The highest BCUT2D eigenvalue weighted by Crippen LogP contribution is 2.27. The standard InChI is InChI=1S/C19H16FN5O2/c1-11-2-4-12(5-3-11)17-23-19-22-16(26)10-15(25(19)24-17)18(27)21-14-8-6-13(20)7-9-14/h2-9,15H,10H2,1H3,(H,21,27)(H,22,23,24,26)/t15-/m1/s1. The van der Waals surface area contributed by atoms with Gasteiger partial charge >= 0.3 is 0 Å². The van der Waals surface area contributed by atoms with E-state index in [2.05, 4.69) is 20.7 Å². The molecule has 0 spiro atoms. The molecule has 0 aliphatic carbocycles. The molecule has 7 nitrogen and oxygen atoms in total. The van der Waals surface area contributed by atoms with Crippen LogP contribution in [0.5, 0.6) is 0 Å². The monoisotopic (exact) mass is 365 g/mol. The van der Waals surface area contributed by atoms with E-state index in [0.29, 0.717) is 11.5 Å². The van der Waals surface area contributed by atoms with Crippen LogP contribution in [0.3, 0.4) is 0 Å². The van der Waals surface area contributed by atoms with Gasteiger partial charge < -0.3 is 5.32 Å². The number of benzene rings is 2. The predicted molar refractivity (Wildman–Crippen MR) is 97.5 cm³/mol. The fourth-order valence-corrected chi connectivity index (χ4v) is 2.85. The van der Waals surface area contributed by atoms with Crippen LogP contribution in [0.25, 0.3) is 11.4 Å². The summed E-state index contributed by atoms with van der Waals surface area (Å²) in [4.78, 5) is 29.0. The molecule has 8 heteroatoms. The molecule has 1 aliphatic rings. The molecule has 1 aromatic heterocycles. The molecule has 0 saturated heterocycles. The van der Waals surface area contributed by atoms with Crippen molar-refractivity contribution >= 4 is 23.5 Å². The molecule has 27 heavy (non-hydrogen) atoms. The average Bonchev–Trinajstić information content (AvgIpc) is 3.07. The predicted octanol–water partition coefficient (Wildman–Crippen LogP) is 2.91. The van der Waals surface area contributed by atoms with E-state index in [0.717, 1.165) is 11.1 Å². The summed E-state index contributed by atoms with van der Waals surface area (Å²) in [5, 5.41) is 9.73. The molecular weight excluding hydrogens is 349 g/mol. The van der Waals surface area contributed by atoms with Gasteiger partial charge in [-0.2, -0.15) is 4.98 Å². The number of hydrogen-bond acceptors (Lipinski definition) is 4. The van der Waals surface area contributed by atoms with Crippen molar-refractivity contribution in [1.82, 2.24) is 14.8 Å². The van der Waals surface area contributed by atoms with Crippen LogP contribution in [-0.4, -0.2) is 26.6 Å². The number of carbonyl (C=O) groups excluding carboxylic acids is 2. The number of halogens is 1. The summed E-state index contributed by atoms with van der Waals surface area (Å²) in [6.07, 6.45) is -0.0588. The maximum Gasteiger partial charge on any atom is 0.249 e. The van der Waals surface area contributed by atoms with Gasteiger partial charge in [-0.25, -0.2) is 9.07 Å². The van der Waals surface area contributed by atoms with Crippen LogP contribution in [0, 0.1) is 12.7 Å². The first kappa shape index (κ1) is 16.9. The molecule has 0 saturated carbocycles. The molecule has 2 N–H and O–H groups in total. The Balaban J connectivity index is 1.63. The molecule has 2 amide bonds. The molecule has 136 valence electrons. The molecule has 4 rings (SSSR count). The van der Waals surface area contributed by atoms with Gasteiger partial charge in [-0.3, -0.25) is 14.9 Å². The zero-order valence-electron chi connectivity index (χ0n) is 14.4. The highest BCUT2D eigenvalue weighted by atomic mass is 19.1. The van der Waals surface area contributed by atoms with E-state index in [-0.39, 0.29) is 18.3 Å². The first-order valence-corrected chi connectivity index (χ1v) is 8.39. The van der Waals surface area contributed by atoms with Crippen LogP contribution in [0.1, 0.15) is 18.0 Å². The molecule has 0 bridgehead atoms. The summed E-state index contributed by atoms with van der Waals surface area (Å²) in [7, 11) is 0. The van der Waals surface area contributed by atoms with E-state index in [1.54, 1.807) is 0 Å². The zero-order chi connectivity index (χ0) is 19.0. The number of nitrogens with one attached hydrogen (secondary N) is 2. The summed E-state index contributed by atoms with van der Waals surface area (Å²) < 4.78 is 14.4. The van der Waals surface area contributed by atoms with Gasteiger partial charge in [0.05, 0.1) is 6.42 Å². The number of fused-ring (bicyclic) bond motifs is 1. The topological polar surface area (TPSA) is 88.9 Å². The summed E-state index contributed by atoms with van der Waals surface area (Å²) in [5.74, 6) is -0.484. The van der Waals surface area contributed by atoms with Gasteiger partial charge in [0.25, 0.3) is 0 Å². The molecule has 1 aliphatic heterocycles. The first-order chi connectivity index (χ1) is 13.0. The zero-order valence-corrected chi connectivity index (χ0v) is 14.4. The van der Waals surface area contributed by atoms with E-state index >= 15 is 0 Å². The molecule has 3 aromatic rings. The van der Waals surface area contributed by atoms with Gasteiger partial charge in [0.15, 0.2) is 5.82 Å². The number of aromatic nitrogens is 3. The lowest BCUT2D eigenvalue weighted by Crippen LogP contribution is -2.36. The minimum absolute atomic E-state index is 0.0588. The Morgan fingerprint density at radius 2 is 1.89 bits per heavy atom. The van der Waals surface area contributed by atoms with E-state index in [1.165, 1.54) is 28.9 Å². The van der Waals surface area contributed by atoms with Crippen molar-refractivity contribution in [3.8, 4) is 11.4 Å². The first-order valence-electron chi connectivity index (χ1n) is 8.39. The lowest BCUT2D eigenvalue weighted by Gasteiger charge is -2.22. The fraction of sp³-hybridized carbons (Fsp3) is 0.158. The third-order valence-electron chi connectivity index (χ3n) is 4.28. The normalized spacial score (nSPS) is 15.8. The van der Waals surface area contributed by atoms with Gasteiger partial charge in [0.1, 0.15) is 11.9 Å². The molecule has 2 aromatic carbocycles. The minimum Gasteiger partial charge on any atom is -0.324 e. The Hall–Kier alpha value is -3.55. The van der Waals surface area contributed by atoms with Crippen LogP contribution >= 0.6 is 0 Å². The average molecular weight is 365 g/mol. The van der Waals surface area contributed by atoms with E-state index in [9.17, 15) is 14.0 Å². The molecule has 1 atom stereocenters. The Morgan fingerprint density at radius 3 is 2.59 bits per heavy atom. The molecule has 0 unspecified atom stereocenters. The Morgan fingerprint density at radius 1 is 1.19 bits per heavy atom. The fourth-order valence-electron chi connectivity index (χ4n) is 2.85. The Bertz CT molecular complexity index is 1010. The van der Waals surface area contributed by atoms with Gasteiger partial charge in [-0.15, -0.1) is 5.10 Å². The van der Waals surface area contributed by atoms with E-state index < -0.39 is 17.8 Å². The van der Waals surface area contributed by atoms with Crippen LogP contribution in [-0.2, 0) is 9.59 Å². The van der Waals surface area contributed by atoms with Crippen molar-refractivity contribution < 1.29 is 14.0 Å². The van der Waals surface area contributed by atoms with Crippen molar-refractivity contribution in [3.05, 3.63) is 59.9 Å². The second-order valence-electron chi connectivity index (χ2n) is 6.33. The van der Waals surface area contributed by atoms with Crippen molar-refractivity contribution in [1.29, 1.82) is 0 Å². The SMILES string of the molecule is Cc1ccc(-c2nc3n(n2)[C@@H](C(=O)Nc2ccc(F)cc2)CC(=O)N3)cc1. The number of carbonyl (C=O) groups is 2. The van der Waals surface area contributed by atoms with Crippen LogP contribution in [0.15, 0.2) is 48.5 Å². The number of rotatable bonds is 3.